The fourth-order valence-corrected chi connectivity index (χ4v) is 4.60. The van der Waals surface area contributed by atoms with E-state index < -0.39 is 0 Å². The molecule has 1 N–H and O–H groups in total. The Morgan fingerprint density at radius 1 is 1.17 bits per heavy atom. The number of anilines is 1. The quantitative estimate of drug-likeness (QED) is 0.576. The van der Waals surface area contributed by atoms with Crippen LogP contribution in [0.1, 0.15) is 42.9 Å². The third kappa shape index (κ3) is 3.21. The molecule has 4 aromatic rings. The third-order valence-electron chi connectivity index (χ3n) is 6.20. The highest BCUT2D eigenvalue weighted by Gasteiger charge is 2.27. The Labute approximate surface area is 169 Å². The van der Waals surface area contributed by atoms with Crippen LogP contribution in [0.25, 0.3) is 16.6 Å². The minimum atomic E-state index is 0.449. The van der Waals surface area contributed by atoms with Crippen LogP contribution in [-0.2, 0) is 0 Å². The number of rotatable bonds is 4. The fourth-order valence-electron chi connectivity index (χ4n) is 4.60. The lowest BCUT2D eigenvalue weighted by molar-refractivity contribution is 0.327. The predicted molar refractivity (Wildman–Crippen MR) is 112 cm³/mol. The largest absolute Gasteiger partial charge is 0.374 e. The van der Waals surface area contributed by atoms with E-state index in [0.29, 0.717) is 17.4 Å². The molecular formula is C22H23N7. The Kier molecular flexibility index (Phi) is 4.39. The third-order valence-corrected chi connectivity index (χ3v) is 6.20. The van der Waals surface area contributed by atoms with E-state index in [2.05, 4.69) is 44.4 Å². The molecule has 0 aliphatic heterocycles. The SMILES string of the molecule is CN(CC1CCC(c2nnn3cnc4[nH]ccc4c23)CC1)c1ccc(C#N)cc1. The molecule has 0 atom stereocenters. The lowest BCUT2D eigenvalue weighted by Gasteiger charge is -2.31. The van der Waals surface area contributed by atoms with Gasteiger partial charge in [0, 0.05) is 36.8 Å². The molecular weight excluding hydrogens is 362 g/mol. The average Bonchev–Trinajstić information content (AvgIpc) is 3.41. The van der Waals surface area contributed by atoms with Gasteiger partial charge in [-0.3, -0.25) is 0 Å². The zero-order valence-corrected chi connectivity index (χ0v) is 16.4. The number of fused-ring (bicyclic) bond motifs is 3. The topological polar surface area (TPSA) is 85.9 Å². The maximum absolute atomic E-state index is 8.96. The number of H-pyrrole nitrogens is 1. The van der Waals surface area contributed by atoms with Crippen LogP contribution in [0.3, 0.4) is 0 Å². The van der Waals surface area contributed by atoms with Gasteiger partial charge in [0.15, 0.2) is 0 Å². The summed E-state index contributed by atoms with van der Waals surface area (Å²) in [4.78, 5) is 9.87. The summed E-state index contributed by atoms with van der Waals surface area (Å²) in [6.45, 7) is 1.03. The second-order valence-corrected chi connectivity index (χ2v) is 8.01. The molecule has 3 heterocycles. The molecule has 1 aliphatic rings. The van der Waals surface area contributed by atoms with Crippen LogP contribution in [-0.4, -0.2) is 38.4 Å². The average molecular weight is 385 g/mol. The number of hydrogen-bond donors (Lipinski definition) is 1. The highest BCUT2D eigenvalue weighted by molar-refractivity contribution is 5.92. The molecule has 0 saturated heterocycles. The molecule has 29 heavy (non-hydrogen) atoms. The van der Waals surface area contributed by atoms with Gasteiger partial charge in [-0.2, -0.15) is 5.26 Å². The van der Waals surface area contributed by atoms with Gasteiger partial charge < -0.3 is 9.88 Å². The molecule has 7 heteroatoms. The van der Waals surface area contributed by atoms with E-state index in [-0.39, 0.29) is 0 Å². The molecule has 0 amide bonds. The molecule has 0 unspecified atom stereocenters. The van der Waals surface area contributed by atoms with E-state index in [0.717, 1.165) is 47.3 Å². The molecule has 5 rings (SSSR count). The van der Waals surface area contributed by atoms with Crippen molar-refractivity contribution < 1.29 is 0 Å². The van der Waals surface area contributed by atoms with Crippen molar-refractivity contribution in [2.45, 2.75) is 31.6 Å². The molecule has 1 fully saturated rings. The Bertz CT molecular complexity index is 1170. The Hall–Kier alpha value is -3.40. The molecule has 1 aliphatic carbocycles. The van der Waals surface area contributed by atoms with Gasteiger partial charge in [-0.1, -0.05) is 5.21 Å². The number of aromatic amines is 1. The van der Waals surface area contributed by atoms with Gasteiger partial charge in [-0.15, -0.1) is 5.10 Å². The monoisotopic (exact) mass is 385 g/mol. The van der Waals surface area contributed by atoms with Gasteiger partial charge in [0.05, 0.1) is 17.3 Å². The first-order chi connectivity index (χ1) is 14.2. The lowest BCUT2D eigenvalue weighted by Crippen LogP contribution is -2.28. The highest BCUT2D eigenvalue weighted by atomic mass is 15.4. The van der Waals surface area contributed by atoms with Crippen LogP contribution in [0.5, 0.6) is 0 Å². The molecule has 1 aromatic carbocycles. The van der Waals surface area contributed by atoms with Crippen LogP contribution < -0.4 is 4.90 Å². The number of nitrogens with one attached hydrogen (secondary N) is 1. The smallest absolute Gasteiger partial charge is 0.141 e. The number of benzene rings is 1. The Morgan fingerprint density at radius 2 is 1.97 bits per heavy atom. The second-order valence-electron chi connectivity index (χ2n) is 8.01. The van der Waals surface area contributed by atoms with Crippen LogP contribution in [0, 0.1) is 17.2 Å². The normalized spacial score (nSPS) is 19.4. The maximum Gasteiger partial charge on any atom is 0.141 e. The zero-order valence-electron chi connectivity index (χ0n) is 16.4. The predicted octanol–water partition coefficient (Wildman–Crippen LogP) is 3.89. The lowest BCUT2D eigenvalue weighted by atomic mass is 9.80. The molecule has 3 aromatic heterocycles. The van der Waals surface area contributed by atoms with Crippen LogP contribution >= 0.6 is 0 Å². The number of nitriles is 1. The van der Waals surface area contributed by atoms with E-state index in [1.54, 1.807) is 10.8 Å². The standard InChI is InChI=1S/C22H23N7/c1-28(18-8-4-15(12-23)5-9-18)13-16-2-6-17(7-3-16)20-21-19-10-11-24-22(19)25-14-29(21)27-26-20/h4-5,8-11,14,16-17,24H,2-3,6-7,13H2,1H3. The Balaban J connectivity index is 1.27. The van der Waals surface area contributed by atoms with E-state index >= 15 is 0 Å². The van der Waals surface area contributed by atoms with Gasteiger partial charge in [-0.25, -0.2) is 9.50 Å². The van der Waals surface area contributed by atoms with Crippen LogP contribution in [0.2, 0.25) is 0 Å². The van der Waals surface area contributed by atoms with Crippen molar-refractivity contribution in [2.24, 2.45) is 5.92 Å². The van der Waals surface area contributed by atoms with Gasteiger partial charge in [0.2, 0.25) is 0 Å². The first kappa shape index (κ1) is 17.7. The molecule has 1 saturated carbocycles. The van der Waals surface area contributed by atoms with E-state index in [1.165, 1.54) is 12.8 Å². The van der Waals surface area contributed by atoms with Gasteiger partial charge >= 0.3 is 0 Å². The fraction of sp³-hybridized carbons (Fsp3) is 0.364. The zero-order chi connectivity index (χ0) is 19.8. The summed E-state index contributed by atoms with van der Waals surface area (Å²) in [7, 11) is 2.13. The molecule has 146 valence electrons. The summed E-state index contributed by atoms with van der Waals surface area (Å²) in [5, 5.41) is 18.9. The van der Waals surface area contributed by atoms with Crippen LogP contribution in [0.4, 0.5) is 5.69 Å². The van der Waals surface area contributed by atoms with Gasteiger partial charge in [0.25, 0.3) is 0 Å². The van der Waals surface area contributed by atoms with E-state index in [9.17, 15) is 0 Å². The van der Waals surface area contributed by atoms with Crippen molar-refractivity contribution in [1.82, 2.24) is 24.8 Å². The minimum absolute atomic E-state index is 0.449. The van der Waals surface area contributed by atoms with Crippen molar-refractivity contribution in [2.75, 3.05) is 18.5 Å². The van der Waals surface area contributed by atoms with Crippen molar-refractivity contribution in [3.63, 3.8) is 0 Å². The van der Waals surface area contributed by atoms with Crippen molar-refractivity contribution >= 4 is 22.2 Å². The molecule has 0 bridgehead atoms. The number of nitrogens with zero attached hydrogens (tertiary/aromatic N) is 6. The second kappa shape index (κ2) is 7.21. The summed E-state index contributed by atoms with van der Waals surface area (Å²) >= 11 is 0. The first-order valence-corrected chi connectivity index (χ1v) is 10.1. The molecule has 0 spiro atoms. The van der Waals surface area contributed by atoms with Gasteiger partial charge in [-0.05, 0) is 61.9 Å². The van der Waals surface area contributed by atoms with Crippen molar-refractivity contribution in [3.8, 4) is 6.07 Å². The Morgan fingerprint density at radius 3 is 2.72 bits per heavy atom. The number of hydrogen-bond acceptors (Lipinski definition) is 5. The summed E-state index contributed by atoms with van der Waals surface area (Å²) in [5.41, 5.74) is 4.96. The molecule has 0 radical (unpaired) electrons. The van der Waals surface area contributed by atoms with Gasteiger partial charge in [0.1, 0.15) is 17.5 Å². The number of aromatic nitrogens is 5. The minimum Gasteiger partial charge on any atom is -0.374 e. The van der Waals surface area contributed by atoms with E-state index in [1.807, 2.05) is 30.5 Å². The maximum atomic E-state index is 8.96. The highest BCUT2D eigenvalue weighted by Crippen LogP contribution is 2.38. The van der Waals surface area contributed by atoms with Crippen molar-refractivity contribution in [3.05, 3.63) is 54.1 Å². The summed E-state index contributed by atoms with van der Waals surface area (Å²) in [6.07, 6.45) is 8.30. The van der Waals surface area contributed by atoms with Crippen molar-refractivity contribution in [1.29, 1.82) is 5.26 Å². The molecule has 7 nitrogen and oxygen atoms in total. The first-order valence-electron chi connectivity index (χ1n) is 10.1. The van der Waals surface area contributed by atoms with Crippen LogP contribution in [0.15, 0.2) is 42.9 Å². The summed E-state index contributed by atoms with van der Waals surface area (Å²) < 4.78 is 1.80. The van der Waals surface area contributed by atoms with E-state index in [4.69, 9.17) is 5.26 Å². The summed E-state index contributed by atoms with van der Waals surface area (Å²) in [5.74, 6) is 1.12. The summed E-state index contributed by atoms with van der Waals surface area (Å²) in [6, 6.07) is 12.1.